The number of aromatic nitrogens is 4. The van der Waals surface area contributed by atoms with Crippen molar-refractivity contribution in [2.24, 2.45) is 0 Å². The van der Waals surface area contributed by atoms with Crippen LogP contribution in [0.5, 0.6) is 0 Å². The van der Waals surface area contributed by atoms with Gasteiger partial charge in [-0.1, -0.05) is 19.1 Å². The number of amides is 2. The third-order valence-electron chi connectivity index (χ3n) is 4.00. The van der Waals surface area contributed by atoms with Crippen LogP contribution in [-0.2, 0) is 11.3 Å². The maximum Gasteiger partial charge on any atom is 0.251 e. The highest BCUT2D eigenvalue weighted by Crippen LogP contribution is 2.13. The second kappa shape index (κ2) is 7.20. The molecule has 1 aromatic carbocycles. The van der Waals surface area contributed by atoms with Crippen LogP contribution in [0.15, 0.2) is 30.6 Å². The lowest BCUT2D eigenvalue weighted by atomic mass is 10.1. The molecule has 1 aliphatic rings. The Morgan fingerprint density at radius 3 is 2.79 bits per heavy atom. The number of carbonyl (C=O) groups is 2. The smallest absolute Gasteiger partial charge is 0.251 e. The van der Waals surface area contributed by atoms with E-state index in [0.717, 1.165) is 18.5 Å². The minimum absolute atomic E-state index is 0.110. The fourth-order valence-corrected chi connectivity index (χ4v) is 2.82. The molecule has 1 N–H and O–H groups in total. The number of rotatable bonds is 6. The van der Waals surface area contributed by atoms with Gasteiger partial charge in [-0.25, -0.2) is 4.68 Å². The molecule has 2 aromatic rings. The van der Waals surface area contributed by atoms with Crippen molar-refractivity contribution < 1.29 is 9.59 Å². The number of nitrogens with one attached hydrogen (secondary N) is 1. The highest BCUT2D eigenvalue weighted by Gasteiger charge is 2.29. The van der Waals surface area contributed by atoms with Crippen molar-refractivity contribution in [1.82, 2.24) is 30.4 Å². The van der Waals surface area contributed by atoms with Crippen LogP contribution in [0.25, 0.3) is 0 Å². The first kappa shape index (κ1) is 16.1. The van der Waals surface area contributed by atoms with Crippen molar-refractivity contribution in [3.63, 3.8) is 0 Å². The van der Waals surface area contributed by atoms with Crippen LogP contribution < -0.4 is 5.32 Å². The average molecular weight is 328 g/mol. The average Bonchev–Trinajstić information content (AvgIpc) is 3.19. The van der Waals surface area contributed by atoms with E-state index in [1.807, 2.05) is 19.1 Å². The van der Waals surface area contributed by atoms with Crippen molar-refractivity contribution in [3.8, 4) is 0 Å². The molecule has 1 aliphatic heterocycles. The lowest BCUT2D eigenvalue weighted by Crippen LogP contribution is -2.37. The van der Waals surface area contributed by atoms with Crippen LogP contribution in [0, 0.1) is 0 Å². The molecule has 1 saturated heterocycles. The lowest BCUT2D eigenvalue weighted by Gasteiger charge is -2.16. The molecule has 8 nitrogen and oxygen atoms in total. The van der Waals surface area contributed by atoms with Gasteiger partial charge in [-0.3, -0.25) is 9.59 Å². The molecule has 1 fully saturated rings. The molecular formula is C16H20N6O2. The fourth-order valence-electron chi connectivity index (χ4n) is 2.82. The topological polar surface area (TPSA) is 93.0 Å². The number of likely N-dealkylation sites (tertiary alicyclic amines) is 1. The number of nitrogens with zero attached hydrogens (tertiary/aromatic N) is 5. The second-order valence-electron chi connectivity index (χ2n) is 5.92. The monoisotopic (exact) mass is 328 g/mol. The molecule has 1 atom stereocenters. The summed E-state index contributed by atoms with van der Waals surface area (Å²) in [5.74, 6) is -0.0425. The zero-order valence-corrected chi connectivity index (χ0v) is 13.6. The number of tetrazole rings is 1. The van der Waals surface area contributed by atoms with Crippen LogP contribution in [0.3, 0.4) is 0 Å². The van der Waals surface area contributed by atoms with E-state index in [1.54, 1.807) is 28.0 Å². The van der Waals surface area contributed by atoms with Crippen molar-refractivity contribution in [1.29, 1.82) is 0 Å². The van der Waals surface area contributed by atoms with E-state index in [0.29, 0.717) is 25.1 Å². The molecule has 3 rings (SSSR count). The quantitative estimate of drug-likeness (QED) is 0.832. The van der Waals surface area contributed by atoms with Crippen molar-refractivity contribution in [2.45, 2.75) is 32.4 Å². The molecule has 0 spiro atoms. The summed E-state index contributed by atoms with van der Waals surface area (Å²) in [7, 11) is 0. The minimum Gasteiger partial charge on any atom is -0.347 e. The number of hydrogen-bond donors (Lipinski definition) is 1. The van der Waals surface area contributed by atoms with Crippen LogP contribution in [0.1, 0.15) is 35.7 Å². The minimum atomic E-state index is -0.153. The maximum absolute atomic E-state index is 12.3. The van der Waals surface area contributed by atoms with E-state index in [4.69, 9.17) is 0 Å². The van der Waals surface area contributed by atoms with Gasteiger partial charge in [0.15, 0.2) is 0 Å². The van der Waals surface area contributed by atoms with Gasteiger partial charge in [0.05, 0.1) is 12.6 Å². The second-order valence-corrected chi connectivity index (χ2v) is 5.92. The summed E-state index contributed by atoms with van der Waals surface area (Å²) in [6.45, 7) is 3.93. The molecule has 0 bridgehead atoms. The Hall–Kier alpha value is -2.77. The normalized spacial score (nSPS) is 17.3. The molecule has 1 aromatic heterocycles. The predicted octanol–water partition coefficient (Wildman–Crippen LogP) is 0.462. The van der Waals surface area contributed by atoms with Crippen LogP contribution >= 0.6 is 0 Å². The Morgan fingerprint density at radius 2 is 2.12 bits per heavy atom. The van der Waals surface area contributed by atoms with E-state index < -0.39 is 0 Å². The Morgan fingerprint density at radius 1 is 1.33 bits per heavy atom. The molecule has 0 saturated carbocycles. The maximum atomic E-state index is 12.3. The van der Waals surface area contributed by atoms with Gasteiger partial charge in [-0.15, -0.1) is 5.10 Å². The van der Waals surface area contributed by atoms with Gasteiger partial charge in [-0.05, 0) is 34.5 Å². The fraction of sp³-hybridized carbons (Fsp3) is 0.438. The first-order chi connectivity index (χ1) is 11.7. The summed E-state index contributed by atoms with van der Waals surface area (Å²) in [6.07, 6.45) is 2.85. The first-order valence-electron chi connectivity index (χ1n) is 8.04. The predicted molar refractivity (Wildman–Crippen MR) is 86.1 cm³/mol. The van der Waals surface area contributed by atoms with E-state index in [-0.39, 0.29) is 17.9 Å². The Balaban J connectivity index is 1.56. The van der Waals surface area contributed by atoms with Crippen LogP contribution in [-0.4, -0.2) is 56.1 Å². The molecule has 126 valence electrons. The van der Waals surface area contributed by atoms with E-state index in [1.165, 1.54) is 0 Å². The van der Waals surface area contributed by atoms with Gasteiger partial charge in [0.2, 0.25) is 5.91 Å². The van der Waals surface area contributed by atoms with Gasteiger partial charge >= 0.3 is 0 Å². The molecule has 8 heteroatoms. The molecule has 0 radical (unpaired) electrons. The molecule has 24 heavy (non-hydrogen) atoms. The first-order valence-corrected chi connectivity index (χ1v) is 8.04. The van der Waals surface area contributed by atoms with Gasteiger partial charge in [0.1, 0.15) is 6.33 Å². The van der Waals surface area contributed by atoms with Crippen molar-refractivity contribution >= 4 is 11.8 Å². The summed E-state index contributed by atoms with van der Waals surface area (Å²) in [5.41, 5.74) is 1.58. The van der Waals surface area contributed by atoms with Gasteiger partial charge < -0.3 is 10.2 Å². The third-order valence-corrected chi connectivity index (χ3v) is 4.00. The number of benzene rings is 1. The summed E-state index contributed by atoms with van der Waals surface area (Å²) < 4.78 is 1.61. The van der Waals surface area contributed by atoms with Gasteiger partial charge in [-0.2, -0.15) is 0 Å². The number of carbonyl (C=O) groups excluding carboxylic acids is 2. The zero-order chi connectivity index (χ0) is 16.9. The Kier molecular flexibility index (Phi) is 4.83. The summed E-state index contributed by atoms with van der Waals surface area (Å²) in [6, 6.07) is 7.18. The van der Waals surface area contributed by atoms with E-state index in [9.17, 15) is 9.59 Å². The van der Waals surface area contributed by atoms with Crippen LogP contribution in [0.2, 0.25) is 0 Å². The molecular weight excluding hydrogens is 308 g/mol. The van der Waals surface area contributed by atoms with Crippen molar-refractivity contribution in [2.75, 3.05) is 13.1 Å². The molecule has 2 heterocycles. The van der Waals surface area contributed by atoms with Crippen molar-refractivity contribution in [3.05, 3.63) is 41.7 Å². The summed E-state index contributed by atoms with van der Waals surface area (Å²) in [4.78, 5) is 26.0. The molecule has 0 aliphatic carbocycles. The van der Waals surface area contributed by atoms with E-state index in [2.05, 4.69) is 20.8 Å². The molecule has 2 amide bonds. The molecule has 0 unspecified atom stereocenters. The zero-order valence-electron chi connectivity index (χ0n) is 13.6. The van der Waals surface area contributed by atoms with E-state index >= 15 is 0 Å². The Bertz CT molecular complexity index is 698. The Labute approximate surface area is 139 Å². The standard InChI is InChI=1S/C16H20N6O2/c1-2-7-21-10-14(8-15(21)23)18-16(24)13-5-3-12(4-6-13)9-22-11-17-19-20-22/h3-6,11,14H,2,7-10H2,1H3,(H,18,24)/t14-/m0/s1. The highest BCUT2D eigenvalue weighted by atomic mass is 16.2. The van der Waals surface area contributed by atoms with Gasteiger partial charge in [0.25, 0.3) is 5.91 Å². The third kappa shape index (κ3) is 3.76. The SMILES string of the molecule is CCCN1C[C@@H](NC(=O)c2ccc(Cn3cnnn3)cc2)CC1=O. The van der Waals surface area contributed by atoms with Gasteiger partial charge in [0, 0.05) is 25.1 Å². The van der Waals surface area contributed by atoms with Crippen LogP contribution in [0.4, 0.5) is 0 Å². The number of hydrogen-bond acceptors (Lipinski definition) is 5. The lowest BCUT2D eigenvalue weighted by molar-refractivity contribution is -0.127. The highest BCUT2D eigenvalue weighted by molar-refractivity contribution is 5.95. The summed E-state index contributed by atoms with van der Waals surface area (Å²) in [5, 5.41) is 13.9. The summed E-state index contributed by atoms with van der Waals surface area (Å²) >= 11 is 0. The largest absolute Gasteiger partial charge is 0.347 e.